The summed E-state index contributed by atoms with van der Waals surface area (Å²) in [5, 5.41) is 13.7. The van der Waals surface area contributed by atoms with Crippen LogP contribution in [0.2, 0.25) is 0 Å². The zero-order chi connectivity index (χ0) is 19.4. The molecule has 0 saturated carbocycles. The number of carbonyl (C=O) groups excluding carboxylic acids is 1. The molecule has 3 rings (SSSR count). The number of nitrogens with one attached hydrogen (secondary N) is 1. The first-order valence-corrected chi connectivity index (χ1v) is 8.22. The van der Waals surface area contributed by atoms with Gasteiger partial charge in [0, 0.05) is 31.3 Å². The Labute approximate surface area is 153 Å². The molecule has 0 spiro atoms. The van der Waals surface area contributed by atoms with Crippen molar-refractivity contribution in [2.24, 2.45) is 0 Å². The van der Waals surface area contributed by atoms with Crippen LogP contribution in [0.4, 0.5) is 14.5 Å². The first-order chi connectivity index (χ1) is 12.9. The fourth-order valence-electron chi connectivity index (χ4n) is 2.79. The third-order valence-electron chi connectivity index (χ3n) is 4.17. The number of hydrogen-bond donors (Lipinski definition) is 1. The minimum absolute atomic E-state index is 0.0405. The molecule has 1 aliphatic rings. The molecule has 2 unspecified atom stereocenters. The van der Waals surface area contributed by atoms with E-state index in [0.717, 1.165) is 5.56 Å². The number of benzene rings is 2. The van der Waals surface area contributed by atoms with E-state index in [2.05, 4.69) is 10.1 Å². The van der Waals surface area contributed by atoms with E-state index in [9.17, 15) is 23.7 Å². The Kier molecular flexibility index (Phi) is 5.60. The number of hydrogen-bond acceptors (Lipinski definition) is 5. The Morgan fingerprint density at radius 1 is 1.30 bits per heavy atom. The number of nitro groups is 1. The van der Waals surface area contributed by atoms with Crippen LogP contribution in [0.3, 0.4) is 0 Å². The van der Waals surface area contributed by atoms with E-state index >= 15 is 0 Å². The molecule has 1 amide bonds. The quantitative estimate of drug-likeness (QED) is 0.434. The van der Waals surface area contributed by atoms with Crippen LogP contribution in [-0.4, -0.2) is 34.9 Å². The first kappa shape index (κ1) is 18.7. The summed E-state index contributed by atoms with van der Waals surface area (Å²) in [6.07, 6.45) is 0. The number of rotatable bonds is 8. The maximum absolute atomic E-state index is 12.3. The minimum Gasteiger partial charge on any atom is -0.435 e. The molecule has 1 saturated heterocycles. The fourth-order valence-corrected chi connectivity index (χ4v) is 2.79. The lowest BCUT2D eigenvalue weighted by Crippen LogP contribution is -2.29. The number of nitro benzene ring substituents is 1. The van der Waals surface area contributed by atoms with Gasteiger partial charge in [-0.15, -0.1) is 0 Å². The highest BCUT2D eigenvalue weighted by molar-refractivity contribution is 5.84. The van der Waals surface area contributed by atoms with Crippen molar-refractivity contribution < 1.29 is 23.2 Å². The van der Waals surface area contributed by atoms with Gasteiger partial charge in [-0.05, 0) is 17.7 Å². The number of alkyl halides is 2. The molecule has 2 aromatic carbocycles. The zero-order valence-corrected chi connectivity index (χ0v) is 14.2. The second kappa shape index (κ2) is 8.09. The van der Waals surface area contributed by atoms with E-state index in [1.54, 1.807) is 30.3 Å². The normalized spacial score (nSPS) is 18.2. The molecule has 27 heavy (non-hydrogen) atoms. The molecular formula is C18H17F2N3O4. The van der Waals surface area contributed by atoms with Gasteiger partial charge in [0.15, 0.2) is 0 Å². The van der Waals surface area contributed by atoms with Gasteiger partial charge in [-0.1, -0.05) is 30.3 Å². The average Bonchev–Trinajstić information content (AvgIpc) is 3.38. The average molecular weight is 377 g/mol. The summed E-state index contributed by atoms with van der Waals surface area (Å²) < 4.78 is 28.9. The van der Waals surface area contributed by atoms with Crippen molar-refractivity contribution in [3.05, 3.63) is 69.8 Å². The van der Waals surface area contributed by atoms with Crippen LogP contribution in [0.25, 0.3) is 0 Å². The largest absolute Gasteiger partial charge is 0.435 e. The van der Waals surface area contributed by atoms with Crippen molar-refractivity contribution in [3.8, 4) is 5.75 Å². The Bertz CT molecular complexity index is 847. The van der Waals surface area contributed by atoms with Crippen LogP contribution in [0.5, 0.6) is 5.75 Å². The molecule has 0 bridgehead atoms. The molecule has 0 radical (unpaired) electrons. The second-order valence-corrected chi connectivity index (χ2v) is 6.07. The third-order valence-corrected chi connectivity index (χ3v) is 4.17. The summed E-state index contributed by atoms with van der Waals surface area (Å²) in [5.74, 6) is -0.158. The molecule has 2 aromatic rings. The van der Waals surface area contributed by atoms with E-state index in [0.29, 0.717) is 18.7 Å². The number of halogens is 2. The highest BCUT2D eigenvalue weighted by atomic mass is 19.3. The Morgan fingerprint density at radius 2 is 2.07 bits per heavy atom. The zero-order valence-electron chi connectivity index (χ0n) is 14.2. The van der Waals surface area contributed by atoms with Gasteiger partial charge in [0.1, 0.15) is 11.8 Å². The van der Waals surface area contributed by atoms with Crippen LogP contribution in [-0.2, 0) is 17.9 Å². The van der Waals surface area contributed by atoms with Crippen LogP contribution in [0.1, 0.15) is 11.1 Å². The Hall–Kier alpha value is -3.07. The van der Waals surface area contributed by atoms with Gasteiger partial charge in [-0.2, -0.15) is 8.78 Å². The van der Waals surface area contributed by atoms with Crippen molar-refractivity contribution in [2.45, 2.75) is 25.7 Å². The second-order valence-electron chi connectivity index (χ2n) is 6.07. The molecule has 1 heterocycles. The SMILES string of the molecule is O=C(NCc1ccccc1[N+](=O)[O-])C1CN1Cc1cccc(OC(F)F)c1. The number of ether oxygens (including phenoxy) is 1. The summed E-state index contributed by atoms with van der Waals surface area (Å²) in [6, 6.07) is 12.2. The molecule has 0 aliphatic carbocycles. The smallest absolute Gasteiger partial charge is 0.387 e. The molecule has 7 nitrogen and oxygen atoms in total. The Balaban J connectivity index is 1.52. The van der Waals surface area contributed by atoms with E-state index in [-0.39, 0.29) is 29.9 Å². The van der Waals surface area contributed by atoms with Crippen molar-refractivity contribution >= 4 is 11.6 Å². The van der Waals surface area contributed by atoms with Gasteiger partial charge in [-0.25, -0.2) is 0 Å². The van der Waals surface area contributed by atoms with Crippen molar-refractivity contribution in [1.82, 2.24) is 10.2 Å². The number of para-hydroxylation sites is 1. The standard InChI is InChI=1S/C18H17F2N3O4/c19-18(20)27-14-6-3-4-12(8-14)10-22-11-16(22)17(24)21-9-13-5-1-2-7-15(13)23(25)26/h1-8,16,18H,9-11H2,(H,21,24). The van der Waals surface area contributed by atoms with Gasteiger partial charge in [0.2, 0.25) is 5.91 Å². The van der Waals surface area contributed by atoms with E-state index in [1.807, 2.05) is 4.90 Å². The predicted octanol–water partition coefficient (Wildman–Crippen LogP) is 2.70. The minimum atomic E-state index is -2.89. The highest BCUT2D eigenvalue weighted by Crippen LogP contribution is 2.24. The van der Waals surface area contributed by atoms with Crippen LogP contribution < -0.4 is 10.1 Å². The van der Waals surface area contributed by atoms with Crippen molar-refractivity contribution in [3.63, 3.8) is 0 Å². The molecular weight excluding hydrogens is 360 g/mol. The van der Waals surface area contributed by atoms with Gasteiger partial charge < -0.3 is 10.1 Å². The van der Waals surface area contributed by atoms with Crippen LogP contribution in [0, 0.1) is 10.1 Å². The van der Waals surface area contributed by atoms with Crippen LogP contribution >= 0.6 is 0 Å². The predicted molar refractivity (Wildman–Crippen MR) is 92.2 cm³/mol. The van der Waals surface area contributed by atoms with Gasteiger partial charge in [0.05, 0.1) is 4.92 Å². The lowest BCUT2D eigenvalue weighted by atomic mass is 10.2. The maximum Gasteiger partial charge on any atom is 0.387 e. The summed E-state index contributed by atoms with van der Waals surface area (Å²) in [6.45, 7) is -1.87. The van der Waals surface area contributed by atoms with E-state index in [1.165, 1.54) is 18.2 Å². The number of amides is 1. The number of nitrogens with zero attached hydrogens (tertiary/aromatic N) is 2. The van der Waals surface area contributed by atoms with Gasteiger partial charge in [0.25, 0.3) is 5.69 Å². The molecule has 1 N–H and O–H groups in total. The van der Waals surface area contributed by atoms with Crippen molar-refractivity contribution in [1.29, 1.82) is 0 Å². The topological polar surface area (TPSA) is 84.5 Å². The van der Waals surface area contributed by atoms with Crippen LogP contribution in [0.15, 0.2) is 48.5 Å². The van der Waals surface area contributed by atoms with Gasteiger partial charge >= 0.3 is 6.61 Å². The molecule has 1 fully saturated rings. The van der Waals surface area contributed by atoms with E-state index in [4.69, 9.17) is 0 Å². The summed E-state index contributed by atoms with van der Waals surface area (Å²) >= 11 is 0. The first-order valence-electron chi connectivity index (χ1n) is 8.22. The Morgan fingerprint density at radius 3 is 2.81 bits per heavy atom. The molecule has 2 atom stereocenters. The molecule has 1 aliphatic heterocycles. The lowest BCUT2D eigenvalue weighted by Gasteiger charge is -2.08. The highest BCUT2D eigenvalue weighted by Gasteiger charge is 2.40. The molecule has 142 valence electrons. The summed E-state index contributed by atoms with van der Waals surface area (Å²) in [7, 11) is 0. The lowest BCUT2D eigenvalue weighted by molar-refractivity contribution is -0.385. The molecule has 9 heteroatoms. The third kappa shape index (κ3) is 4.98. The van der Waals surface area contributed by atoms with E-state index < -0.39 is 11.5 Å². The monoisotopic (exact) mass is 377 g/mol. The maximum atomic E-state index is 12.3. The van der Waals surface area contributed by atoms with Gasteiger partial charge in [-0.3, -0.25) is 19.8 Å². The molecule has 0 aromatic heterocycles. The summed E-state index contributed by atoms with van der Waals surface area (Å²) in [4.78, 5) is 24.6. The number of carbonyl (C=O) groups is 1. The fraction of sp³-hybridized carbons (Fsp3) is 0.278. The summed E-state index contributed by atoms with van der Waals surface area (Å²) in [5.41, 5.74) is 1.14. The van der Waals surface area contributed by atoms with Crippen molar-refractivity contribution in [2.75, 3.05) is 6.54 Å².